The van der Waals surface area contributed by atoms with Crippen LogP contribution in [0.15, 0.2) is 24.3 Å². The highest BCUT2D eigenvalue weighted by Crippen LogP contribution is 2.16. The largest absolute Gasteiger partial charge is 0.508 e. The first-order valence-electron chi connectivity index (χ1n) is 6.50. The second-order valence-electron chi connectivity index (χ2n) is 4.97. The van der Waals surface area contributed by atoms with Crippen LogP contribution in [0.4, 0.5) is 5.69 Å². The highest BCUT2D eigenvalue weighted by molar-refractivity contribution is 6.39. The molecule has 1 aromatic carbocycles. The first kappa shape index (κ1) is 14.3. The average molecular weight is 278 g/mol. The lowest BCUT2D eigenvalue weighted by atomic mass is 10.2. The molecule has 1 fully saturated rings. The van der Waals surface area contributed by atoms with Gasteiger partial charge in [0.15, 0.2) is 0 Å². The van der Waals surface area contributed by atoms with Gasteiger partial charge < -0.3 is 20.1 Å². The Balaban J connectivity index is 2.00. The zero-order valence-corrected chi connectivity index (χ0v) is 11.5. The van der Waals surface area contributed by atoms with Crippen LogP contribution in [0.1, 0.15) is 13.8 Å². The van der Waals surface area contributed by atoms with Crippen molar-refractivity contribution in [2.45, 2.75) is 26.1 Å². The number of nitrogens with one attached hydrogen (secondary N) is 1. The smallest absolute Gasteiger partial charge is 0.313 e. The zero-order chi connectivity index (χ0) is 14.7. The maximum Gasteiger partial charge on any atom is 0.313 e. The minimum absolute atomic E-state index is 0.0314. The van der Waals surface area contributed by atoms with Crippen molar-refractivity contribution in [1.29, 1.82) is 0 Å². The van der Waals surface area contributed by atoms with Crippen LogP contribution in [0.5, 0.6) is 5.75 Å². The molecule has 2 atom stereocenters. The molecule has 1 aromatic rings. The van der Waals surface area contributed by atoms with Crippen LogP contribution in [-0.2, 0) is 14.3 Å². The number of carbonyl (C=O) groups is 2. The van der Waals surface area contributed by atoms with Gasteiger partial charge in [-0.25, -0.2) is 0 Å². The summed E-state index contributed by atoms with van der Waals surface area (Å²) in [6.45, 7) is 4.53. The van der Waals surface area contributed by atoms with E-state index in [2.05, 4.69) is 5.32 Å². The SMILES string of the molecule is CC1CN(C(=O)C(=O)Nc2cccc(O)c2)CC(C)O1. The Hall–Kier alpha value is -2.08. The summed E-state index contributed by atoms with van der Waals surface area (Å²) in [5.41, 5.74) is 0.387. The average Bonchev–Trinajstić information content (AvgIpc) is 2.36. The van der Waals surface area contributed by atoms with Crippen molar-refractivity contribution in [3.63, 3.8) is 0 Å². The van der Waals surface area contributed by atoms with E-state index >= 15 is 0 Å². The zero-order valence-electron chi connectivity index (χ0n) is 11.5. The summed E-state index contributed by atoms with van der Waals surface area (Å²) in [5, 5.41) is 11.8. The molecule has 1 saturated heterocycles. The number of benzene rings is 1. The number of amides is 2. The number of aromatic hydroxyl groups is 1. The summed E-state index contributed by atoms with van der Waals surface area (Å²) in [4.78, 5) is 25.5. The fourth-order valence-electron chi connectivity index (χ4n) is 2.26. The number of phenols is 1. The van der Waals surface area contributed by atoms with Gasteiger partial charge in [0, 0.05) is 24.8 Å². The van der Waals surface area contributed by atoms with E-state index in [-0.39, 0.29) is 18.0 Å². The van der Waals surface area contributed by atoms with Gasteiger partial charge in [-0.3, -0.25) is 9.59 Å². The minimum Gasteiger partial charge on any atom is -0.508 e. The predicted molar refractivity (Wildman–Crippen MR) is 73.3 cm³/mol. The van der Waals surface area contributed by atoms with E-state index < -0.39 is 11.8 Å². The van der Waals surface area contributed by atoms with Crippen molar-refractivity contribution in [3.05, 3.63) is 24.3 Å². The second kappa shape index (κ2) is 5.92. The molecule has 0 radical (unpaired) electrons. The summed E-state index contributed by atoms with van der Waals surface area (Å²) < 4.78 is 5.52. The first-order chi connectivity index (χ1) is 9.45. The summed E-state index contributed by atoms with van der Waals surface area (Å²) in [7, 11) is 0. The van der Waals surface area contributed by atoms with E-state index in [1.54, 1.807) is 12.1 Å². The number of rotatable bonds is 1. The molecule has 0 aromatic heterocycles. The van der Waals surface area contributed by atoms with Crippen molar-refractivity contribution in [1.82, 2.24) is 4.90 Å². The van der Waals surface area contributed by atoms with Crippen molar-refractivity contribution in [2.75, 3.05) is 18.4 Å². The Morgan fingerprint density at radius 1 is 1.30 bits per heavy atom. The van der Waals surface area contributed by atoms with Gasteiger partial charge in [-0.1, -0.05) is 6.07 Å². The lowest BCUT2D eigenvalue weighted by Gasteiger charge is -2.34. The highest BCUT2D eigenvalue weighted by Gasteiger charge is 2.29. The molecule has 1 aliphatic rings. The van der Waals surface area contributed by atoms with Gasteiger partial charge in [-0.15, -0.1) is 0 Å². The lowest BCUT2D eigenvalue weighted by Crippen LogP contribution is -2.51. The molecule has 0 spiro atoms. The molecule has 2 rings (SSSR count). The summed E-state index contributed by atoms with van der Waals surface area (Å²) >= 11 is 0. The molecule has 6 nitrogen and oxygen atoms in total. The van der Waals surface area contributed by atoms with Gasteiger partial charge in [0.2, 0.25) is 0 Å². The minimum atomic E-state index is -0.711. The van der Waals surface area contributed by atoms with Crippen LogP contribution in [0.25, 0.3) is 0 Å². The molecular weight excluding hydrogens is 260 g/mol. The molecule has 2 amide bonds. The molecule has 1 aliphatic heterocycles. The van der Waals surface area contributed by atoms with Crippen molar-refractivity contribution < 1.29 is 19.4 Å². The van der Waals surface area contributed by atoms with Crippen LogP contribution in [0, 0.1) is 0 Å². The van der Waals surface area contributed by atoms with E-state index in [0.29, 0.717) is 18.8 Å². The van der Waals surface area contributed by atoms with Crippen LogP contribution in [-0.4, -0.2) is 47.1 Å². The monoisotopic (exact) mass is 278 g/mol. The van der Waals surface area contributed by atoms with E-state index in [4.69, 9.17) is 4.74 Å². The molecule has 0 bridgehead atoms. The molecular formula is C14H18N2O4. The fourth-order valence-corrected chi connectivity index (χ4v) is 2.26. The van der Waals surface area contributed by atoms with Crippen LogP contribution >= 0.6 is 0 Å². The fraction of sp³-hybridized carbons (Fsp3) is 0.429. The summed E-state index contributed by atoms with van der Waals surface area (Å²) in [5.74, 6) is -1.27. The number of hydrogen-bond acceptors (Lipinski definition) is 4. The van der Waals surface area contributed by atoms with E-state index in [0.717, 1.165) is 0 Å². The number of ether oxygens (including phenoxy) is 1. The molecule has 0 aliphatic carbocycles. The Kier molecular flexibility index (Phi) is 4.24. The number of carbonyl (C=O) groups excluding carboxylic acids is 2. The Morgan fingerprint density at radius 3 is 2.55 bits per heavy atom. The number of morpholine rings is 1. The van der Waals surface area contributed by atoms with Crippen LogP contribution in [0.3, 0.4) is 0 Å². The first-order valence-corrected chi connectivity index (χ1v) is 6.50. The van der Waals surface area contributed by atoms with Gasteiger partial charge in [0.1, 0.15) is 5.75 Å². The Labute approximate surface area is 117 Å². The lowest BCUT2D eigenvalue weighted by molar-refractivity contribution is -0.151. The van der Waals surface area contributed by atoms with Gasteiger partial charge in [0.05, 0.1) is 12.2 Å². The van der Waals surface area contributed by atoms with Crippen LogP contribution in [0.2, 0.25) is 0 Å². The highest BCUT2D eigenvalue weighted by atomic mass is 16.5. The molecule has 1 heterocycles. The van der Waals surface area contributed by atoms with E-state index in [9.17, 15) is 14.7 Å². The third-order valence-electron chi connectivity index (χ3n) is 3.01. The van der Waals surface area contributed by atoms with Gasteiger partial charge in [-0.2, -0.15) is 0 Å². The third kappa shape index (κ3) is 3.48. The normalized spacial score (nSPS) is 22.4. The molecule has 2 unspecified atom stereocenters. The Morgan fingerprint density at radius 2 is 1.95 bits per heavy atom. The van der Waals surface area contributed by atoms with Gasteiger partial charge >= 0.3 is 11.8 Å². The second-order valence-corrected chi connectivity index (χ2v) is 4.97. The van der Waals surface area contributed by atoms with Crippen molar-refractivity contribution >= 4 is 17.5 Å². The van der Waals surface area contributed by atoms with Gasteiger partial charge in [0.25, 0.3) is 0 Å². The number of anilines is 1. The maximum absolute atomic E-state index is 12.1. The topological polar surface area (TPSA) is 78.9 Å². The quantitative estimate of drug-likeness (QED) is 0.750. The number of hydrogen-bond donors (Lipinski definition) is 2. The number of nitrogens with zero attached hydrogens (tertiary/aromatic N) is 1. The maximum atomic E-state index is 12.1. The van der Waals surface area contributed by atoms with Crippen molar-refractivity contribution in [3.8, 4) is 5.75 Å². The van der Waals surface area contributed by atoms with Crippen LogP contribution < -0.4 is 5.32 Å². The third-order valence-corrected chi connectivity index (χ3v) is 3.01. The molecule has 2 N–H and O–H groups in total. The summed E-state index contributed by atoms with van der Waals surface area (Å²) in [6, 6.07) is 6.07. The molecule has 0 saturated carbocycles. The van der Waals surface area contributed by atoms with E-state index in [1.807, 2.05) is 13.8 Å². The molecule has 6 heteroatoms. The molecule has 108 valence electrons. The van der Waals surface area contributed by atoms with Crippen molar-refractivity contribution in [2.24, 2.45) is 0 Å². The number of phenolic OH excluding ortho intramolecular Hbond substituents is 1. The predicted octanol–water partition coefficient (Wildman–Crippen LogP) is 0.966. The Bertz CT molecular complexity index is 508. The van der Waals surface area contributed by atoms with Gasteiger partial charge in [-0.05, 0) is 26.0 Å². The summed E-state index contributed by atoms with van der Waals surface area (Å²) in [6.07, 6.45) is -0.174. The standard InChI is InChI=1S/C14H18N2O4/c1-9-7-16(8-10(2)20-9)14(19)13(18)15-11-4-3-5-12(17)6-11/h3-6,9-10,17H,7-8H2,1-2H3,(H,15,18). The molecule has 20 heavy (non-hydrogen) atoms. The van der Waals surface area contributed by atoms with E-state index in [1.165, 1.54) is 17.0 Å².